The first-order valence-electron chi connectivity index (χ1n) is 7.98. The zero-order valence-electron chi connectivity index (χ0n) is 14.0. The van der Waals surface area contributed by atoms with Gasteiger partial charge in [0, 0.05) is 11.1 Å². The van der Waals surface area contributed by atoms with Gasteiger partial charge in [-0.1, -0.05) is 18.2 Å². The van der Waals surface area contributed by atoms with Crippen LogP contribution in [0.3, 0.4) is 0 Å². The lowest BCUT2D eigenvalue weighted by atomic mass is 10.2. The second kappa shape index (κ2) is 7.83. The Bertz CT molecular complexity index is 1020. The topological polar surface area (TPSA) is 93.2 Å². The zero-order valence-corrected chi connectivity index (χ0v) is 14.8. The van der Waals surface area contributed by atoms with E-state index in [0.717, 1.165) is 15.6 Å². The number of ether oxygens (including phenoxy) is 1. The summed E-state index contributed by atoms with van der Waals surface area (Å²) in [6, 6.07) is 10.6. The molecule has 1 amide bonds. The van der Waals surface area contributed by atoms with Crippen LogP contribution in [0.4, 0.5) is 5.69 Å². The van der Waals surface area contributed by atoms with Crippen molar-refractivity contribution in [3.05, 3.63) is 79.3 Å². The number of carbonyl (C=O) groups excluding carboxylic acids is 1. The summed E-state index contributed by atoms with van der Waals surface area (Å²) in [7, 11) is 0. The standard InChI is InChI=1S/C18H17N3O4S/c1-2-25-15-8-4-3-7-14(15)20-16(22)13-10-19-18(24)21(17(13)23)11-12-6-5-9-26-12/h3-10H,2,11H2,1H3,(H,19,24)(H,20,22). The summed E-state index contributed by atoms with van der Waals surface area (Å²) in [5.74, 6) is -0.106. The van der Waals surface area contributed by atoms with E-state index in [1.807, 2.05) is 24.4 Å². The molecule has 0 spiro atoms. The van der Waals surface area contributed by atoms with Crippen molar-refractivity contribution in [1.82, 2.24) is 9.55 Å². The molecule has 1 aromatic carbocycles. The third-order valence-corrected chi connectivity index (χ3v) is 4.50. The Labute approximate surface area is 152 Å². The van der Waals surface area contributed by atoms with E-state index in [0.29, 0.717) is 18.0 Å². The molecule has 7 nitrogen and oxygen atoms in total. The molecule has 0 radical (unpaired) electrons. The van der Waals surface area contributed by atoms with Gasteiger partial charge in [-0.05, 0) is 30.5 Å². The Hall–Kier alpha value is -3.13. The number of nitrogens with one attached hydrogen (secondary N) is 2. The Morgan fingerprint density at radius 2 is 2.04 bits per heavy atom. The number of para-hydroxylation sites is 2. The molecular weight excluding hydrogens is 354 g/mol. The first kappa shape index (κ1) is 17.7. The summed E-state index contributed by atoms with van der Waals surface area (Å²) in [6.45, 7) is 2.39. The second-order valence-electron chi connectivity index (χ2n) is 5.36. The summed E-state index contributed by atoms with van der Waals surface area (Å²) >= 11 is 1.43. The van der Waals surface area contributed by atoms with Gasteiger partial charge in [-0.25, -0.2) is 4.79 Å². The molecule has 2 aromatic heterocycles. The predicted octanol–water partition coefficient (Wildman–Crippen LogP) is 2.30. The van der Waals surface area contributed by atoms with Crippen LogP contribution in [-0.4, -0.2) is 22.1 Å². The number of amides is 1. The monoisotopic (exact) mass is 371 g/mol. The van der Waals surface area contributed by atoms with E-state index >= 15 is 0 Å². The molecule has 3 aromatic rings. The normalized spacial score (nSPS) is 10.5. The van der Waals surface area contributed by atoms with Gasteiger partial charge in [0.25, 0.3) is 11.5 Å². The molecule has 0 bridgehead atoms. The Morgan fingerprint density at radius 1 is 1.23 bits per heavy atom. The summed E-state index contributed by atoms with van der Waals surface area (Å²) in [4.78, 5) is 40.5. The van der Waals surface area contributed by atoms with Crippen LogP contribution in [-0.2, 0) is 6.54 Å². The van der Waals surface area contributed by atoms with Gasteiger partial charge in [0.05, 0.1) is 18.8 Å². The smallest absolute Gasteiger partial charge is 0.328 e. The summed E-state index contributed by atoms with van der Waals surface area (Å²) in [5, 5.41) is 4.52. The van der Waals surface area contributed by atoms with Crippen molar-refractivity contribution < 1.29 is 9.53 Å². The van der Waals surface area contributed by atoms with Gasteiger partial charge in [0.1, 0.15) is 11.3 Å². The Kier molecular flexibility index (Phi) is 5.33. The van der Waals surface area contributed by atoms with Crippen LogP contribution in [0.15, 0.2) is 57.6 Å². The molecule has 3 rings (SSSR count). The molecule has 2 N–H and O–H groups in total. The maximum atomic E-state index is 12.6. The molecule has 134 valence electrons. The van der Waals surface area contributed by atoms with Crippen molar-refractivity contribution in [2.24, 2.45) is 0 Å². The van der Waals surface area contributed by atoms with E-state index in [2.05, 4.69) is 10.3 Å². The fourth-order valence-electron chi connectivity index (χ4n) is 2.42. The van der Waals surface area contributed by atoms with Crippen LogP contribution < -0.4 is 21.3 Å². The fourth-order valence-corrected chi connectivity index (χ4v) is 3.11. The molecule has 0 fully saturated rings. The molecule has 0 atom stereocenters. The number of hydrogen-bond donors (Lipinski definition) is 2. The van der Waals surface area contributed by atoms with Crippen LogP contribution in [0.1, 0.15) is 22.2 Å². The maximum Gasteiger partial charge on any atom is 0.328 e. The van der Waals surface area contributed by atoms with Gasteiger partial charge in [0.15, 0.2) is 0 Å². The van der Waals surface area contributed by atoms with Gasteiger partial charge in [-0.3, -0.25) is 14.2 Å². The minimum atomic E-state index is -0.645. The van der Waals surface area contributed by atoms with E-state index in [1.165, 1.54) is 11.3 Å². The quantitative estimate of drug-likeness (QED) is 0.695. The second-order valence-corrected chi connectivity index (χ2v) is 6.39. The predicted molar refractivity (Wildman–Crippen MR) is 100 cm³/mol. The van der Waals surface area contributed by atoms with Crippen LogP contribution in [0.2, 0.25) is 0 Å². The Morgan fingerprint density at radius 3 is 2.77 bits per heavy atom. The van der Waals surface area contributed by atoms with Crippen molar-refractivity contribution in [2.45, 2.75) is 13.5 Å². The number of aromatic amines is 1. The van der Waals surface area contributed by atoms with E-state index in [9.17, 15) is 14.4 Å². The van der Waals surface area contributed by atoms with Gasteiger partial charge in [-0.15, -0.1) is 11.3 Å². The number of benzene rings is 1. The third-order valence-electron chi connectivity index (χ3n) is 3.63. The maximum absolute atomic E-state index is 12.6. The van der Waals surface area contributed by atoms with E-state index in [1.54, 1.807) is 24.3 Å². The number of nitrogens with zero attached hydrogens (tertiary/aromatic N) is 1. The molecule has 0 unspecified atom stereocenters. The van der Waals surface area contributed by atoms with Crippen LogP contribution in [0.25, 0.3) is 0 Å². The first-order chi connectivity index (χ1) is 12.6. The zero-order chi connectivity index (χ0) is 18.5. The van der Waals surface area contributed by atoms with Gasteiger partial charge < -0.3 is 15.0 Å². The SMILES string of the molecule is CCOc1ccccc1NC(=O)c1c[nH]c(=O)n(Cc2cccs2)c1=O. The number of anilines is 1. The van der Waals surface area contributed by atoms with Crippen molar-refractivity contribution in [3.63, 3.8) is 0 Å². The highest BCUT2D eigenvalue weighted by Crippen LogP contribution is 2.23. The molecule has 0 saturated carbocycles. The lowest BCUT2D eigenvalue weighted by Gasteiger charge is -2.11. The molecule has 8 heteroatoms. The molecule has 2 heterocycles. The van der Waals surface area contributed by atoms with Gasteiger partial charge in [-0.2, -0.15) is 0 Å². The summed E-state index contributed by atoms with van der Waals surface area (Å²) < 4.78 is 6.47. The van der Waals surface area contributed by atoms with Crippen molar-refractivity contribution in [3.8, 4) is 5.75 Å². The van der Waals surface area contributed by atoms with Crippen LogP contribution in [0.5, 0.6) is 5.75 Å². The molecular formula is C18H17N3O4S. The van der Waals surface area contributed by atoms with Crippen molar-refractivity contribution >= 4 is 22.9 Å². The minimum Gasteiger partial charge on any atom is -0.492 e. The lowest BCUT2D eigenvalue weighted by molar-refractivity contribution is 0.102. The summed E-state index contributed by atoms with van der Waals surface area (Å²) in [5.41, 5.74) is -0.898. The van der Waals surface area contributed by atoms with E-state index in [4.69, 9.17) is 4.74 Å². The third kappa shape index (κ3) is 3.75. The molecule has 0 aliphatic carbocycles. The number of carbonyl (C=O) groups is 1. The number of hydrogen-bond acceptors (Lipinski definition) is 5. The number of thiophene rings is 1. The highest BCUT2D eigenvalue weighted by molar-refractivity contribution is 7.09. The van der Waals surface area contributed by atoms with E-state index < -0.39 is 17.2 Å². The van der Waals surface area contributed by atoms with Crippen molar-refractivity contribution in [1.29, 1.82) is 0 Å². The van der Waals surface area contributed by atoms with Crippen LogP contribution in [0, 0.1) is 0 Å². The number of rotatable bonds is 6. The lowest BCUT2D eigenvalue weighted by Crippen LogP contribution is -2.39. The molecule has 0 aliphatic heterocycles. The summed E-state index contributed by atoms with van der Waals surface area (Å²) in [6.07, 6.45) is 1.13. The minimum absolute atomic E-state index is 0.114. The first-order valence-corrected chi connectivity index (χ1v) is 8.86. The average Bonchev–Trinajstić information content (AvgIpc) is 3.13. The van der Waals surface area contributed by atoms with E-state index in [-0.39, 0.29) is 12.1 Å². The molecule has 0 saturated heterocycles. The number of aromatic nitrogens is 2. The van der Waals surface area contributed by atoms with Crippen LogP contribution >= 0.6 is 11.3 Å². The highest BCUT2D eigenvalue weighted by atomic mass is 32.1. The average molecular weight is 371 g/mol. The molecule has 26 heavy (non-hydrogen) atoms. The fraction of sp³-hybridized carbons (Fsp3) is 0.167. The Balaban J connectivity index is 1.91. The van der Waals surface area contributed by atoms with Gasteiger partial charge in [0.2, 0.25) is 0 Å². The number of H-pyrrole nitrogens is 1. The molecule has 0 aliphatic rings. The van der Waals surface area contributed by atoms with Gasteiger partial charge >= 0.3 is 5.69 Å². The largest absolute Gasteiger partial charge is 0.492 e. The van der Waals surface area contributed by atoms with Crippen molar-refractivity contribution in [2.75, 3.05) is 11.9 Å². The highest BCUT2D eigenvalue weighted by Gasteiger charge is 2.16.